The van der Waals surface area contributed by atoms with Crippen LogP contribution in [0.25, 0.3) is 6.08 Å². The second-order valence-corrected chi connectivity index (χ2v) is 10.8. The Bertz CT molecular complexity index is 1860. The van der Waals surface area contributed by atoms with Crippen LogP contribution in [-0.2, 0) is 16.1 Å². The second-order valence-electron chi connectivity index (χ2n) is 9.36. The van der Waals surface area contributed by atoms with Crippen LogP contribution in [0.1, 0.15) is 36.6 Å². The van der Waals surface area contributed by atoms with Gasteiger partial charge in [-0.1, -0.05) is 53.3 Å². The maximum Gasteiger partial charge on any atom is 0.338 e. The number of carbonyl (C=O) groups excluding carboxylic acids is 1. The number of benzene rings is 3. The first-order valence-corrected chi connectivity index (χ1v) is 14.4. The summed E-state index contributed by atoms with van der Waals surface area (Å²) < 4.78 is 24.4. The van der Waals surface area contributed by atoms with Gasteiger partial charge in [-0.25, -0.2) is 9.79 Å². The molecule has 10 heteroatoms. The van der Waals surface area contributed by atoms with Crippen LogP contribution in [0.5, 0.6) is 17.2 Å². The van der Waals surface area contributed by atoms with Gasteiger partial charge in [-0.3, -0.25) is 9.36 Å². The lowest BCUT2D eigenvalue weighted by Gasteiger charge is -2.26. The number of nitrogens with zero attached hydrogens (tertiary/aromatic N) is 2. The summed E-state index contributed by atoms with van der Waals surface area (Å²) in [6.07, 6.45) is 1.79. The van der Waals surface area contributed by atoms with Crippen LogP contribution in [0.3, 0.4) is 0 Å². The smallest absolute Gasteiger partial charge is 0.338 e. The highest BCUT2D eigenvalue weighted by atomic mass is 35.5. The minimum absolute atomic E-state index is 0.177. The fourth-order valence-electron chi connectivity index (χ4n) is 4.76. The molecule has 0 amide bonds. The van der Waals surface area contributed by atoms with Crippen LogP contribution in [0.4, 0.5) is 0 Å². The predicted molar refractivity (Wildman–Crippen MR) is 162 cm³/mol. The molecule has 0 radical (unpaired) electrons. The van der Waals surface area contributed by atoms with Crippen molar-refractivity contribution < 1.29 is 23.7 Å². The summed E-state index contributed by atoms with van der Waals surface area (Å²) in [5, 5.41) is 0.634. The Labute approximate surface area is 251 Å². The van der Waals surface area contributed by atoms with Crippen LogP contribution >= 0.6 is 22.9 Å². The standard InChI is InChI=1S/C32H29ClN2O6S/c1-5-40-31(37)28-19(2)34-32-35(29(28)24-17-22(38-3)13-14-26(24)39-4)30(36)27(42-32)16-20-9-8-11-23(15-20)41-18-21-10-6-7-12-25(21)33/h6-17,29H,5,18H2,1-4H3/b27-16-/t29-/m1/s1. The van der Waals surface area contributed by atoms with E-state index in [1.165, 1.54) is 23.0 Å². The van der Waals surface area contributed by atoms with Crippen molar-refractivity contribution in [1.29, 1.82) is 0 Å². The molecule has 1 aliphatic rings. The second kappa shape index (κ2) is 12.7. The fraction of sp³-hybridized carbons (Fsp3) is 0.219. The van der Waals surface area contributed by atoms with E-state index in [0.29, 0.717) is 49.5 Å². The van der Waals surface area contributed by atoms with Gasteiger partial charge in [0.2, 0.25) is 0 Å². The summed E-state index contributed by atoms with van der Waals surface area (Å²) in [6, 6.07) is 19.4. The van der Waals surface area contributed by atoms with Crippen molar-refractivity contribution in [2.45, 2.75) is 26.5 Å². The SMILES string of the molecule is CCOC(=O)C1=C(C)N=c2s/c(=C\c3cccc(OCc4ccccc4Cl)c3)c(=O)n2[C@@H]1c1cc(OC)ccc1OC. The Morgan fingerprint density at radius 3 is 2.60 bits per heavy atom. The van der Waals surface area contributed by atoms with Crippen LogP contribution < -0.4 is 29.1 Å². The van der Waals surface area contributed by atoms with E-state index in [0.717, 1.165) is 11.1 Å². The molecule has 0 bridgehead atoms. The van der Waals surface area contributed by atoms with E-state index in [1.807, 2.05) is 48.5 Å². The molecule has 8 nitrogen and oxygen atoms in total. The van der Waals surface area contributed by atoms with Gasteiger partial charge in [0.1, 0.15) is 29.9 Å². The number of esters is 1. The van der Waals surface area contributed by atoms with E-state index in [9.17, 15) is 9.59 Å². The number of methoxy groups -OCH3 is 2. The molecule has 0 saturated heterocycles. The van der Waals surface area contributed by atoms with E-state index in [2.05, 4.69) is 4.99 Å². The van der Waals surface area contributed by atoms with E-state index in [1.54, 1.807) is 45.2 Å². The summed E-state index contributed by atoms with van der Waals surface area (Å²) in [6.45, 7) is 3.96. The topological polar surface area (TPSA) is 88.4 Å². The number of hydrogen-bond donors (Lipinski definition) is 0. The third-order valence-corrected chi connectivity index (χ3v) is 8.11. The van der Waals surface area contributed by atoms with E-state index in [4.69, 9.17) is 30.5 Å². The largest absolute Gasteiger partial charge is 0.497 e. The first-order chi connectivity index (χ1) is 20.3. The lowest BCUT2D eigenvalue weighted by molar-refractivity contribution is -0.139. The molecule has 0 unspecified atom stereocenters. The van der Waals surface area contributed by atoms with Gasteiger partial charge in [-0.05, 0) is 61.9 Å². The van der Waals surface area contributed by atoms with Crippen molar-refractivity contribution in [3.05, 3.63) is 119 Å². The highest BCUT2D eigenvalue weighted by Gasteiger charge is 2.35. The summed E-state index contributed by atoms with van der Waals surface area (Å²) in [5.74, 6) is 1.14. The molecule has 0 saturated carbocycles. The zero-order chi connectivity index (χ0) is 29.8. The number of aromatic nitrogens is 1. The van der Waals surface area contributed by atoms with E-state index < -0.39 is 12.0 Å². The summed E-state index contributed by atoms with van der Waals surface area (Å²) in [7, 11) is 3.09. The minimum atomic E-state index is -0.835. The molecule has 4 aromatic rings. The predicted octanol–water partition coefficient (Wildman–Crippen LogP) is 5.05. The van der Waals surface area contributed by atoms with Gasteiger partial charge in [0.25, 0.3) is 5.56 Å². The highest BCUT2D eigenvalue weighted by molar-refractivity contribution is 7.07. The molecule has 0 spiro atoms. The highest BCUT2D eigenvalue weighted by Crippen LogP contribution is 2.37. The van der Waals surface area contributed by atoms with Gasteiger partial charge in [-0.2, -0.15) is 0 Å². The summed E-state index contributed by atoms with van der Waals surface area (Å²) in [4.78, 5) is 32.3. The zero-order valence-electron chi connectivity index (χ0n) is 23.5. The first kappa shape index (κ1) is 29.2. The third-order valence-electron chi connectivity index (χ3n) is 6.76. The normalized spacial score (nSPS) is 14.7. The average molecular weight is 605 g/mol. The minimum Gasteiger partial charge on any atom is -0.497 e. The maximum absolute atomic E-state index is 14.0. The molecule has 0 aliphatic carbocycles. The van der Waals surface area contributed by atoms with Crippen molar-refractivity contribution in [1.82, 2.24) is 4.57 Å². The zero-order valence-corrected chi connectivity index (χ0v) is 25.1. The maximum atomic E-state index is 14.0. The Morgan fingerprint density at radius 1 is 1.05 bits per heavy atom. The number of rotatable bonds is 9. The lowest BCUT2D eigenvalue weighted by atomic mass is 9.94. The number of thiazole rings is 1. The Kier molecular flexibility index (Phi) is 8.80. The molecule has 0 N–H and O–H groups in total. The monoisotopic (exact) mass is 604 g/mol. The first-order valence-electron chi connectivity index (χ1n) is 13.2. The van der Waals surface area contributed by atoms with Crippen molar-refractivity contribution >= 4 is 35.0 Å². The Hall–Kier alpha value is -4.34. The molecule has 42 heavy (non-hydrogen) atoms. The number of carbonyl (C=O) groups is 1. The van der Waals surface area contributed by atoms with Crippen LogP contribution in [0, 0.1) is 0 Å². The fourth-order valence-corrected chi connectivity index (χ4v) is 6.00. The third kappa shape index (κ3) is 5.84. The summed E-state index contributed by atoms with van der Waals surface area (Å²) in [5.41, 5.74) is 2.65. The lowest BCUT2D eigenvalue weighted by Crippen LogP contribution is -2.40. The van der Waals surface area contributed by atoms with Crippen LogP contribution in [0.15, 0.2) is 87.8 Å². The van der Waals surface area contributed by atoms with Gasteiger partial charge < -0.3 is 18.9 Å². The van der Waals surface area contributed by atoms with Gasteiger partial charge in [0, 0.05) is 16.1 Å². The van der Waals surface area contributed by atoms with Crippen LogP contribution in [-0.4, -0.2) is 31.4 Å². The number of halogens is 1. The van der Waals surface area contributed by atoms with Crippen molar-refractivity contribution in [3.8, 4) is 17.2 Å². The van der Waals surface area contributed by atoms with Gasteiger partial charge >= 0.3 is 5.97 Å². The molecule has 1 atom stereocenters. The van der Waals surface area contributed by atoms with Crippen molar-refractivity contribution in [2.24, 2.45) is 4.99 Å². The Balaban J connectivity index is 1.60. The molecule has 3 aromatic carbocycles. The molecule has 1 aromatic heterocycles. The number of allylic oxidation sites excluding steroid dienone is 1. The van der Waals surface area contributed by atoms with Crippen LogP contribution in [0.2, 0.25) is 5.02 Å². The molecule has 1 aliphatic heterocycles. The molecule has 0 fully saturated rings. The van der Waals surface area contributed by atoms with Crippen molar-refractivity contribution in [3.63, 3.8) is 0 Å². The summed E-state index contributed by atoms with van der Waals surface area (Å²) >= 11 is 7.51. The Morgan fingerprint density at radius 2 is 1.86 bits per heavy atom. The van der Waals surface area contributed by atoms with E-state index >= 15 is 0 Å². The molecular weight excluding hydrogens is 576 g/mol. The molecule has 5 rings (SSSR count). The quantitative estimate of drug-likeness (QED) is 0.249. The molecule has 2 heterocycles. The molecular formula is C32H29ClN2O6S. The number of hydrogen-bond acceptors (Lipinski definition) is 8. The number of fused-ring (bicyclic) bond motifs is 1. The number of ether oxygens (including phenoxy) is 4. The van der Waals surface area contributed by atoms with E-state index in [-0.39, 0.29) is 17.7 Å². The average Bonchev–Trinajstić information content (AvgIpc) is 3.29. The van der Waals surface area contributed by atoms with Gasteiger partial charge in [-0.15, -0.1) is 0 Å². The van der Waals surface area contributed by atoms with Crippen molar-refractivity contribution in [2.75, 3.05) is 20.8 Å². The molecule has 216 valence electrons. The van der Waals surface area contributed by atoms with Gasteiger partial charge in [0.15, 0.2) is 4.80 Å². The van der Waals surface area contributed by atoms with Gasteiger partial charge in [0.05, 0.1) is 36.6 Å².